The average Bonchev–Trinajstić information content (AvgIpc) is 2.26. The number of alkyl halides is 1. The summed E-state index contributed by atoms with van der Waals surface area (Å²) < 4.78 is 11.2. The maximum absolute atomic E-state index is 11.7. The quantitative estimate of drug-likeness (QED) is 0.653. The van der Waals surface area contributed by atoms with Crippen LogP contribution in [0.5, 0.6) is 5.75 Å². The number of hydrogen-bond acceptors (Lipinski definition) is 3. The van der Waals surface area contributed by atoms with E-state index in [1.807, 2.05) is 32.9 Å². The number of rotatable bonds is 3. The molecule has 0 atom stereocenters. The molecule has 0 aliphatic rings. The average molecular weight is 363 g/mol. The molecule has 1 aromatic rings. The molecule has 0 bridgehead atoms. The van der Waals surface area contributed by atoms with Gasteiger partial charge in [-0.2, -0.15) is 0 Å². The minimum Gasteiger partial charge on any atom is -0.497 e. The van der Waals surface area contributed by atoms with E-state index in [9.17, 15) is 4.79 Å². The fourth-order valence-corrected chi connectivity index (χ4v) is 1.99. The van der Waals surface area contributed by atoms with Gasteiger partial charge >= 0.3 is 6.09 Å². The molecule has 0 saturated carbocycles. The molecular weight excluding hydrogens is 345 g/mol. The van der Waals surface area contributed by atoms with Crippen LogP contribution < -0.4 is 10.1 Å². The highest BCUT2D eigenvalue weighted by atomic mass is 127. The van der Waals surface area contributed by atoms with Gasteiger partial charge in [-0.1, -0.05) is 28.7 Å². The maximum Gasteiger partial charge on any atom is 0.412 e. The third-order valence-corrected chi connectivity index (χ3v) is 2.92. The van der Waals surface area contributed by atoms with E-state index < -0.39 is 11.7 Å². The van der Waals surface area contributed by atoms with E-state index in [1.54, 1.807) is 13.2 Å². The van der Waals surface area contributed by atoms with Crippen molar-refractivity contribution in [3.63, 3.8) is 0 Å². The summed E-state index contributed by atoms with van der Waals surface area (Å²) in [6.45, 7) is 5.49. The van der Waals surface area contributed by atoms with Gasteiger partial charge in [0.2, 0.25) is 0 Å². The van der Waals surface area contributed by atoms with Gasteiger partial charge in [0, 0.05) is 10.5 Å². The van der Waals surface area contributed by atoms with Gasteiger partial charge in [-0.05, 0) is 32.4 Å². The van der Waals surface area contributed by atoms with Gasteiger partial charge in [-0.25, -0.2) is 4.79 Å². The van der Waals surface area contributed by atoms with Crippen molar-refractivity contribution < 1.29 is 14.3 Å². The van der Waals surface area contributed by atoms with Crippen LogP contribution in [0.3, 0.4) is 0 Å². The third-order valence-electron chi connectivity index (χ3n) is 2.10. The van der Waals surface area contributed by atoms with Crippen LogP contribution >= 0.6 is 22.6 Å². The largest absolute Gasteiger partial charge is 0.497 e. The van der Waals surface area contributed by atoms with E-state index >= 15 is 0 Å². The van der Waals surface area contributed by atoms with Crippen molar-refractivity contribution in [1.29, 1.82) is 0 Å². The van der Waals surface area contributed by atoms with Crippen molar-refractivity contribution in [3.8, 4) is 5.75 Å². The lowest BCUT2D eigenvalue weighted by molar-refractivity contribution is 0.0636. The summed E-state index contributed by atoms with van der Waals surface area (Å²) in [7, 11) is 1.59. The lowest BCUT2D eigenvalue weighted by atomic mass is 10.2. The zero-order valence-electron chi connectivity index (χ0n) is 11.0. The molecule has 1 aromatic carbocycles. The highest BCUT2D eigenvalue weighted by molar-refractivity contribution is 14.1. The van der Waals surface area contributed by atoms with E-state index in [0.29, 0.717) is 5.75 Å². The Bertz CT molecular complexity index is 427. The SMILES string of the molecule is COc1ccc(CI)c(NC(=O)OC(C)(C)C)c1. The normalized spacial score (nSPS) is 10.9. The van der Waals surface area contributed by atoms with Gasteiger partial charge < -0.3 is 9.47 Å². The van der Waals surface area contributed by atoms with Crippen molar-refractivity contribution in [2.75, 3.05) is 12.4 Å². The predicted octanol–water partition coefficient (Wildman–Crippen LogP) is 3.98. The smallest absolute Gasteiger partial charge is 0.412 e. The van der Waals surface area contributed by atoms with E-state index in [2.05, 4.69) is 27.9 Å². The molecule has 1 amide bonds. The number of nitrogens with one attached hydrogen (secondary N) is 1. The van der Waals surface area contributed by atoms with Crippen LogP contribution in [0, 0.1) is 0 Å². The second-order valence-corrected chi connectivity index (χ2v) is 5.55. The summed E-state index contributed by atoms with van der Waals surface area (Å²) in [5, 5.41) is 2.75. The van der Waals surface area contributed by atoms with Gasteiger partial charge in [0.05, 0.1) is 12.8 Å². The molecule has 0 heterocycles. The van der Waals surface area contributed by atoms with Crippen LogP contribution in [0.4, 0.5) is 10.5 Å². The summed E-state index contributed by atoms with van der Waals surface area (Å²) in [6.07, 6.45) is -0.457. The van der Waals surface area contributed by atoms with Crippen molar-refractivity contribution in [3.05, 3.63) is 23.8 Å². The fraction of sp³-hybridized carbons (Fsp3) is 0.462. The zero-order valence-corrected chi connectivity index (χ0v) is 13.2. The molecule has 0 aliphatic carbocycles. The molecule has 0 fully saturated rings. The van der Waals surface area contributed by atoms with E-state index in [-0.39, 0.29) is 0 Å². The van der Waals surface area contributed by atoms with Crippen molar-refractivity contribution in [2.45, 2.75) is 30.8 Å². The second kappa shape index (κ2) is 6.26. The molecule has 4 nitrogen and oxygen atoms in total. The number of anilines is 1. The van der Waals surface area contributed by atoms with Crippen LogP contribution in [0.15, 0.2) is 18.2 Å². The molecular formula is C13H18INO3. The van der Waals surface area contributed by atoms with Crippen LogP contribution in [0.25, 0.3) is 0 Å². The van der Waals surface area contributed by atoms with Crippen molar-refractivity contribution >= 4 is 34.4 Å². The number of ether oxygens (including phenoxy) is 2. The molecule has 1 N–H and O–H groups in total. The Labute approximate surface area is 121 Å². The van der Waals surface area contributed by atoms with Crippen LogP contribution in [-0.2, 0) is 9.16 Å². The Morgan fingerprint density at radius 2 is 2.06 bits per heavy atom. The topological polar surface area (TPSA) is 47.6 Å². The minimum atomic E-state index is -0.507. The maximum atomic E-state index is 11.7. The van der Waals surface area contributed by atoms with Gasteiger partial charge in [0.15, 0.2) is 0 Å². The first-order valence-electron chi connectivity index (χ1n) is 5.58. The minimum absolute atomic E-state index is 0.457. The van der Waals surface area contributed by atoms with Gasteiger partial charge in [-0.15, -0.1) is 0 Å². The van der Waals surface area contributed by atoms with E-state index in [4.69, 9.17) is 9.47 Å². The molecule has 18 heavy (non-hydrogen) atoms. The lowest BCUT2D eigenvalue weighted by Gasteiger charge is -2.20. The van der Waals surface area contributed by atoms with Gasteiger partial charge in [-0.3, -0.25) is 5.32 Å². The van der Waals surface area contributed by atoms with Crippen molar-refractivity contribution in [2.24, 2.45) is 0 Å². The highest BCUT2D eigenvalue weighted by Gasteiger charge is 2.17. The molecule has 0 saturated heterocycles. The van der Waals surface area contributed by atoms with Gasteiger partial charge in [0.25, 0.3) is 0 Å². The first-order valence-corrected chi connectivity index (χ1v) is 7.11. The Kier molecular flexibility index (Phi) is 5.25. The van der Waals surface area contributed by atoms with Crippen LogP contribution in [-0.4, -0.2) is 18.8 Å². The third kappa shape index (κ3) is 4.72. The number of methoxy groups -OCH3 is 1. The number of carbonyl (C=O) groups excluding carboxylic acids is 1. The molecule has 0 spiro atoms. The van der Waals surface area contributed by atoms with Crippen LogP contribution in [0.1, 0.15) is 26.3 Å². The van der Waals surface area contributed by atoms with E-state index in [1.165, 1.54) is 0 Å². The molecule has 0 aromatic heterocycles. The lowest BCUT2D eigenvalue weighted by Crippen LogP contribution is -2.27. The summed E-state index contributed by atoms with van der Waals surface area (Å²) >= 11 is 2.24. The van der Waals surface area contributed by atoms with E-state index in [0.717, 1.165) is 15.7 Å². The molecule has 1 rings (SSSR count). The van der Waals surface area contributed by atoms with Crippen LogP contribution in [0.2, 0.25) is 0 Å². The first-order chi connectivity index (χ1) is 8.35. The predicted molar refractivity (Wildman–Crippen MR) is 80.6 cm³/mol. The monoisotopic (exact) mass is 363 g/mol. The fourth-order valence-electron chi connectivity index (χ4n) is 1.33. The Morgan fingerprint density at radius 3 is 2.56 bits per heavy atom. The first kappa shape index (κ1) is 15.1. The molecule has 100 valence electrons. The number of halogens is 1. The molecule has 0 radical (unpaired) electrons. The Hall–Kier alpha value is -0.980. The highest BCUT2D eigenvalue weighted by Crippen LogP contribution is 2.25. The summed E-state index contributed by atoms with van der Waals surface area (Å²) in [4.78, 5) is 11.7. The second-order valence-electron chi connectivity index (χ2n) is 4.78. The number of carbonyl (C=O) groups is 1. The number of amides is 1. The molecule has 0 aliphatic heterocycles. The Balaban J connectivity index is 2.85. The zero-order chi connectivity index (χ0) is 13.8. The number of hydrogen-bond donors (Lipinski definition) is 1. The molecule has 5 heteroatoms. The summed E-state index contributed by atoms with van der Waals surface area (Å²) in [6, 6.07) is 5.59. The Morgan fingerprint density at radius 1 is 1.39 bits per heavy atom. The standard InChI is InChI=1S/C13H18INO3/c1-13(2,3)18-12(16)15-11-7-10(17-4)6-5-9(11)8-14/h5-7H,8H2,1-4H3,(H,15,16). The van der Waals surface area contributed by atoms with Gasteiger partial charge in [0.1, 0.15) is 11.4 Å². The number of benzene rings is 1. The summed E-state index contributed by atoms with van der Waals surface area (Å²) in [5.74, 6) is 0.703. The summed E-state index contributed by atoms with van der Waals surface area (Å²) in [5.41, 5.74) is 1.24. The molecule has 0 unspecified atom stereocenters. The van der Waals surface area contributed by atoms with Crippen molar-refractivity contribution in [1.82, 2.24) is 0 Å².